The molecule has 8 nitrogen and oxygen atoms in total. The number of ether oxygens (including phenoxy) is 1. The quantitative estimate of drug-likeness (QED) is 0.0190. The molecule has 7 rings (SSSR count). The smallest absolute Gasteiger partial charge is 0.356 e. The highest BCUT2D eigenvalue weighted by molar-refractivity contribution is 8.47. The zero-order valence-corrected chi connectivity index (χ0v) is 39.9. The van der Waals surface area contributed by atoms with E-state index in [1.807, 2.05) is 134 Å². The third-order valence-corrected chi connectivity index (χ3v) is 23.2. The predicted octanol–water partition coefficient (Wildman–Crippen LogP) is 8.89. The Morgan fingerprint density at radius 2 is 1.19 bits per heavy atom. The molecule has 6 aromatic rings. The van der Waals surface area contributed by atoms with E-state index in [-0.39, 0.29) is 35.3 Å². The highest BCUT2D eigenvalue weighted by Crippen LogP contribution is 2.51. The van der Waals surface area contributed by atoms with Crippen molar-refractivity contribution in [1.29, 1.82) is 0 Å². The number of hydrogen-bond donors (Lipinski definition) is 0. The summed E-state index contributed by atoms with van der Waals surface area (Å²) in [6.07, 6.45) is 0. The number of thiocarbonyl (C=S) groups is 1. The second-order valence-electron chi connectivity index (χ2n) is 16.0. The lowest BCUT2D eigenvalue weighted by atomic mass is 9.99. The average molecular weight is 929 g/mol. The number of carbonyl (C=O) groups is 2. The van der Waals surface area contributed by atoms with Gasteiger partial charge in [0.15, 0.2) is 0 Å². The number of thioether (sulfide) groups is 2. The molecule has 322 valence electrons. The Hall–Kier alpha value is -5.07. The molecule has 2 unspecified atom stereocenters. The average Bonchev–Trinajstić information content (AvgIpc) is 3.30. The van der Waals surface area contributed by atoms with E-state index >= 15 is 9.59 Å². The van der Waals surface area contributed by atoms with Crippen LogP contribution in [0.1, 0.15) is 33.3 Å². The number of β-lactam (4-membered cyclic amide) rings is 1. The lowest BCUT2D eigenvalue weighted by Gasteiger charge is -2.51. The van der Waals surface area contributed by atoms with Gasteiger partial charge in [0.05, 0.1) is 10.8 Å². The fraction of sp³-hybridized carbons (Fsp3) is 0.200. The summed E-state index contributed by atoms with van der Waals surface area (Å²) in [6, 6.07) is 56.2. The van der Waals surface area contributed by atoms with Crippen LogP contribution in [0.2, 0.25) is 5.04 Å². The van der Waals surface area contributed by atoms with E-state index in [1.165, 1.54) is 35.7 Å². The second-order valence-corrected chi connectivity index (χ2v) is 27.2. The maximum atomic E-state index is 15.5. The first kappa shape index (κ1) is 45.9. The zero-order valence-electron chi connectivity index (χ0n) is 35.5. The van der Waals surface area contributed by atoms with Crippen LogP contribution in [0.4, 0.5) is 5.69 Å². The summed E-state index contributed by atoms with van der Waals surface area (Å²) in [6.45, 7) is 5.32. The minimum Gasteiger partial charge on any atom is -0.456 e. The number of amides is 1. The topological polar surface area (TPSA) is 99.0 Å². The highest BCUT2D eigenvalue weighted by Gasteiger charge is 2.57. The van der Waals surface area contributed by atoms with E-state index in [4.69, 9.17) is 21.4 Å². The van der Waals surface area contributed by atoms with Gasteiger partial charge in [0.25, 0.3) is 14.0 Å². The molecule has 0 saturated carbocycles. The van der Waals surface area contributed by atoms with E-state index in [0.29, 0.717) is 9.09 Å². The monoisotopic (exact) mass is 928 g/mol. The number of hydrogen-bond acceptors (Lipinski definition) is 9. The van der Waals surface area contributed by atoms with Crippen LogP contribution in [0.5, 0.6) is 0 Å². The Morgan fingerprint density at radius 3 is 1.60 bits per heavy atom. The third-order valence-electron chi connectivity index (χ3n) is 11.2. The minimum absolute atomic E-state index is 0.0715. The number of esters is 1. The van der Waals surface area contributed by atoms with Crippen LogP contribution in [-0.4, -0.2) is 56.7 Å². The van der Waals surface area contributed by atoms with Gasteiger partial charge in [-0.2, -0.15) is 0 Å². The summed E-state index contributed by atoms with van der Waals surface area (Å²) in [5.41, 5.74) is 0.716. The van der Waals surface area contributed by atoms with Crippen molar-refractivity contribution in [3.05, 3.63) is 192 Å². The van der Waals surface area contributed by atoms with Gasteiger partial charge in [-0.05, 0) is 54.8 Å². The maximum Gasteiger partial charge on any atom is 0.356 e. The van der Waals surface area contributed by atoms with Gasteiger partial charge >= 0.3 is 5.97 Å². The first-order valence-electron chi connectivity index (χ1n) is 20.7. The van der Waals surface area contributed by atoms with Gasteiger partial charge in [-0.1, -0.05) is 203 Å². The number of nitro groups is 1. The lowest BCUT2D eigenvalue weighted by Crippen LogP contribution is -2.70. The first-order chi connectivity index (χ1) is 30.4. The van der Waals surface area contributed by atoms with Crippen molar-refractivity contribution in [1.82, 2.24) is 4.90 Å². The molecule has 1 saturated heterocycles. The van der Waals surface area contributed by atoms with Crippen LogP contribution in [0.25, 0.3) is 0 Å². The van der Waals surface area contributed by atoms with Gasteiger partial charge < -0.3 is 9.16 Å². The van der Waals surface area contributed by atoms with E-state index in [9.17, 15) is 10.1 Å². The molecule has 1 aliphatic heterocycles. The van der Waals surface area contributed by atoms with Crippen LogP contribution < -0.4 is 26.3 Å². The van der Waals surface area contributed by atoms with Crippen LogP contribution in [0.3, 0.4) is 0 Å². The Bertz CT molecular complexity index is 2460. The summed E-state index contributed by atoms with van der Waals surface area (Å²) >= 11 is 8.94. The van der Waals surface area contributed by atoms with Gasteiger partial charge in [-0.25, -0.2) is 4.79 Å². The van der Waals surface area contributed by atoms with Gasteiger partial charge in [0.1, 0.15) is 20.9 Å². The SMILES string of the molecule is CCSC(=S)SC1C(CO[Si](c2ccccc2)(c2ccccc2)C(C)(C)C)C(=O)N1C(C(=O)OCc1ccc([N+](=O)[O-])cc1)=P(c1ccccc1)(c1ccccc1)c1ccccc1. The molecule has 0 radical (unpaired) electrons. The van der Waals surface area contributed by atoms with Crippen molar-refractivity contribution in [2.24, 2.45) is 5.92 Å². The molecule has 0 bridgehead atoms. The molecule has 1 aliphatic rings. The number of carbonyl (C=O) groups excluding carboxylic acids is 2. The Balaban J connectivity index is 1.44. The van der Waals surface area contributed by atoms with E-state index in [1.54, 1.807) is 17.0 Å². The molecule has 1 fully saturated rings. The van der Waals surface area contributed by atoms with Crippen molar-refractivity contribution in [2.75, 3.05) is 12.4 Å². The maximum absolute atomic E-state index is 15.5. The molecule has 1 heterocycles. The number of benzene rings is 6. The highest BCUT2D eigenvalue weighted by atomic mass is 32.2. The second kappa shape index (κ2) is 20.2. The van der Waals surface area contributed by atoms with Crippen LogP contribution in [0.15, 0.2) is 176 Å². The van der Waals surface area contributed by atoms with Crippen molar-refractivity contribution in [3.8, 4) is 0 Å². The van der Waals surface area contributed by atoms with E-state index < -0.39 is 37.4 Å². The molecule has 13 heteroatoms. The summed E-state index contributed by atoms with van der Waals surface area (Å²) < 4.78 is 14.4. The van der Waals surface area contributed by atoms with Crippen molar-refractivity contribution in [2.45, 2.75) is 44.7 Å². The molecule has 6 aromatic carbocycles. The fourth-order valence-corrected chi connectivity index (χ4v) is 20.1. The number of nitro benzene ring substituents is 1. The Labute approximate surface area is 384 Å². The standard InChI is InChI=1S/C50H49N2O6PS3Si/c1-5-61-49(60)62-47-44(36-58-63(50(2,3)4,42-27-17-9-18-28-42)43-29-19-10-20-30-43)45(53)51(47)46(48(54)57-35-37-31-33-38(34-32-37)52(55)56)59(39-21-11-6-12-22-39,40-23-13-7-14-24-40)41-25-15-8-16-26-41/h6-34,44,47H,5,35-36H2,1-4H3. The number of rotatable bonds is 15. The molecule has 63 heavy (non-hydrogen) atoms. The van der Waals surface area contributed by atoms with Crippen molar-refractivity contribution >= 4 is 104 Å². The summed E-state index contributed by atoms with van der Waals surface area (Å²) in [5.74, 6) is -0.867. The van der Waals surface area contributed by atoms with Crippen molar-refractivity contribution in [3.63, 3.8) is 0 Å². The lowest BCUT2D eigenvalue weighted by molar-refractivity contribution is -0.384. The predicted molar refractivity (Wildman–Crippen MR) is 269 cm³/mol. The third kappa shape index (κ3) is 9.30. The number of nitrogens with zero attached hydrogens (tertiary/aromatic N) is 2. The van der Waals surface area contributed by atoms with Gasteiger partial charge in [0.2, 0.25) is 5.91 Å². The van der Waals surface area contributed by atoms with Crippen LogP contribution >= 0.6 is 42.6 Å². The van der Waals surface area contributed by atoms with Gasteiger partial charge in [-0.15, -0.1) is 11.8 Å². The largest absolute Gasteiger partial charge is 0.456 e. The molecular weight excluding hydrogens is 880 g/mol. The van der Waals surface area contributed by atoms with E-state index in [2.05, 4.69) is 45.0 Å². The zero-order chi connectivity index (χ0) is 44.6. The summed E-state index contributed by atoms with van der Waals surface area (Å²) in [7, 11) is -3.09. The number of likely N-dealkylation sites (tertiary alicyclic amines) is 1. The Morgan fingerprint density at radius 1 is 0.746 bits per heavy atom. The Kier molecular flexibility index (Phi) is 14.7. The van der Waals surface area contributed by atoms with Crippen LogP contribution in [0, 0.1) is 16.0 Å². The first-order valence-corrected chi connectivity index (χ1v) is 26.7. The van der Waals surface area contributed by atoms with Crippen molar-refractivity contribution < 1.29 is 23.7 Å². The molecule has 1 amide bonds. The van der Waals surface area contributed by atoms with Crippen LogP contribution in [-0.2, 0) is 25.4 Å². The minimum atomic E-state index is -3.25. The molecule has 2 atom stereocenters. The molecule has 0 spiro atoms. The molecular formula is C50H49N2O6PS3Si. The molecule has 0 N–H and O–H groups in total. The summed E-state index contributed by atoms with van der Waals surface area (Å²) in [4.78, 5) is 43.7. The normalized spacial score (nSPS) is 15.3. The summed E-state index contributed by atoms with van der Waals surface area (Å²) in [5, 5.41) is 15.3. The molecule has 0 aromatic heterocycles. The van der Waals surface area contributed by atoms with E-state index in [0.717, 1.165) is 32.0 Å². The van der Waals surface area contributed by atoms with Gasteiger partial charge in [-0.3, -0.25) is 19.8 Å². The number of non-ortho nitro benzene ring substituents is 1. The molecule has 0 aliphatic carbocycles. The fourth-order valence-electron chi connectivity index (χ4n) is 8.36. The van der Waals surface area contributed by atoms with Gasteiger partial charge in [0, 0.05) is 25.6 Å².